The molecule has 0 aromatic heterocycles. The maximum atomic E-state index is 13.1. The number of carbonyl (C=O) groups excluding carboxylic acids is 2. The lowest BCUT2D eigenvalue weighted by molar-refractivity contribution is -0.150. The molecule has 3 N–H and O–H groups in total. The Morgan fingerprint density at radius 1 is 0.534 bits per heavy atom. The molecule has 0 aromatic carbocycles. The van der Waals surface area contributed by atoms with Crippen LogP contribution in [0.3, 0.4) is 0 Å². The Morgan fingerprint density at radius 3 is 1.55 bits per heavy atom. The van der Waals surface area contributed by atoms with Crippen LogP contribution in [0, 0.1) is 0 Å². The quantitative estimate of drug-likeness (QED) is 0.0247. The molecule has 0 heterocycles. The molecule has 0 saturated heterocycles. The van der Waals surface area contributed by atoms with Crippen LogP contribution in [-0.2, 0) is 14.3 Å². The normalized spacial score (nSPS) is 13.8. The van der Waals surface area contributed by atoms with E-state index in [1.165, 1.54) is 116 Å². The second-order valence-corrected chi connectivity index (χ2v) is 16.5. The van der Waals surface area contributed by atoms with Crippen LogP contribution < -0.4 is 5.32 Å². The Kier molecular flexibility index (Phi) is 43.7. The zero-order chi connectivity index (χ0) is 42.4. The number of nitrogens with one attached hydrogen (secondary N) is 1. The zero-order valence-electron chi connectivity index (χ0n) is 38.2. The van der Waals surface area contributed by atoms with E-state index in [9.17, 15) is 19.8 Å². The molecule has 0 radical (unpaired) electrons. The van der Waals surface area contributed by atoms with Crippen molar-refractivity contribution in [2.24, 2.45) is 0 Å². The molecule has 6 heteroatoms. The van der Waals surface area contributed by atoms with Crippen molar-refractivity contribution in [3.05, 3.63) is 60.8 Å². The van der Waals surface area contributed by atoms with Crippen LogP contribution in [0.2, 0.25) is 0 Å². The fourth-order valence-corrected chi connectivity index (χ4v) is 7.19. The van der Waals surface area contributed by atoms with Crippen LogP contribution in [0.4, 0.5) is 0 Å². The molecular weight excluding hydrogens is 719 g/mol. The van der Waals surface area contributed by atoms with Crippen LogP contribution in [0.15, 0.2) is 60.8 Å². The van der Waals surface area contributed by atoms with Gasteiger partial charge in [0.25, 0.3) is 0 Å². The van der Waals surface area contributed by atoms with Crippen molar-refractivity contribution in [1.82, 2.24) is 5.32 Å². The van der Waals surface area contributed by atoms with Crippen molar-refractivity contribution in [1.29, 1.82) is 0 Å². The van der Waals surface area contributed by atoms with Crippen molar-refractivity contribution in [2.45, 2.75) is 251 Å². The monoisotopic (exact) mass is 812 g/mol. The highest BCUT2D eigenvalue weighted by Gasteiger charge is 2.24. The lowest BCUT2D eigenvalue weighted by atomic mass is 10.0. The number of ether oxygens (including phenoxy) is 1. The van der Waals surface area contributed by atoms with Gasteiger partial charge in [0.05, 0.1) is 25.2 Å². The van der Waals surface area contributed by atoms with Crippen molar-refractivity contribution in [3.8, 4) is 0 Å². The Balaban J connectivity index is 4.62. The first-order valence-corrected chi connectivity index (χ1v) is 24.5. The van der Waals surface area contributed by atoms with E-state index in [0.717, 1.165) is 64.2 Å². The topological polar surface area (TPSA) is 95.9 Å². The van der Waals surface area contributed by atoms with Crippen LogP contribution in [0.5, 0.6) is 0 Å². The summed E-state index contributed by atoms with van der Waals surface area (Å²) >= 11 is 0. The second kappa shape index (κ2) is 45.6. The second-order valence-electron chi connectivity index (χ2n) is 16.5. The molecular formula is C52H93NO5. The fourth-order valence-electron chi connectivity index (χ4n) is 7.19. The van der Waals surface area contributed by atoms with E-state index in [1.807, 2.05) is 18.2 Å². The van der Waals surface area contributed by atoms with Crippen LogP contribution in [-0.4, -0.2) is 46.9 Å². The summed E-state index contributed by atoms with van der Waals surface area (Å²) in [6.07, 6.45) is 55.8. The van der Waals surface area contributed by atoms with Crippen LogP contribution >= 0.6 is 0 Å². The predicted octanol–water partition coefficient (Wildman–Crippen LogP) is 14.5. The molecule has 0 saturated carbocycles. The van der Waals surface area contributed by atoms with E-state index in [-0.39, 0.29) is 31.3 Å². The summed E-state index contributed by atoms with van der Waals surface area (Å²) in [5, 5.41) is 23.7. The molecule has 0 aromatic rings. The summed E-state index contributed by atoms with van der Waals surface area (Å²) in [5.74, 6) is -0.591. The number of hydrogen-bond acceptors (Lipinski definition) is 5. The summed E-state index contributed by atoms with van der Waals surface area (Å²) in [6, 6.07) is -0.723. The third kappa shape index (κ3) is 40.3. The van der Waals surface area contributed by atoms with E-state index in [4.69, 9.17) is 4.74 Å². The van der Waals surface area contributed by atoms with E-state index < -0.39 is 18.2 Å². The van der Waals surface area contributed by atoms with Gasteiger partial charge in [0, 0.05) is 6.42 Å². The first-order valence-electron chi connectivity index (χ1n) is 24.5. The molecule has 0 rings (SSSR count). The van der Waals surface area contributed by atoms with Gasteiger partial charge in [-0.3, -0.25) is 9.59 Å². The lowest BCUT2D eigenvalue weighted by Gasteiger charge is -2.24. The first-order chi connectivity index (χ1) is 28.5. The lowest BCUT2D eigenvalue weighted by Crippen LogP contribution is -2.46. The number of allylic oxidation sites excluding steroid dienone is 10. The Morgan fingerprint density at radius 2 is 1.00 bits per heavy atom. The Labute approximate surface area is 358 Å². The third-order valence-electron chi connectivity index (χ3n) is 10.9. The van der Waals surface area contributed by atoms with Crippen molar-refractivity contribution in [3.63, 3.8) is 0 Å². The van der Waals surface area contributed by atoms with E-state index >= 15 is 0 Å². The van der Waals surface area contributed by atoms with Gasteiger partial charge in [-0.15, -0.1) is 0 Å². The van der Waals surface area contributed by atoms with Gasteiger partial charge < -0.3 is 20.3 Å². The number of rotatable bonds is 43. The molecule has 336 valence electrons. The highest BCUT2D eigenvalue weighted by molar-refractivity contribution is 5.77. The van der Waals surface area contributed by atoms with Gasteiger partial charge in [-0.1, -0.05) is 216 Å². The first kappa shape index (κ1) is 55.6. The minimum atomic E-state index is -0.806. The molecule has 0 bridgehead atoms. The van der Waals surface area contributed by atoms with E-state index in [1.54, 1.807) is 0 Å². The minimum absolute atomic E-state index is 0.0309. The summed E-state index contributed by atoms with van der Waals surface area (Å²) in [7, 11) is 0. The molecule has 58 heavy (non-hydrogen) atoms. The van der Waals surface area contributed by atoms with Gasteiger partial charge in [-0.2, -0.15) is 0 Å². The number of unbranched alkanes of at least 4 members (excludes halogenated alkanes) is 23. The molecule has 3 atom stereocenters. The van der Waals surface area contributed by atoms with Crippen LogP contribution in [0.1, 0.15) is 233 Å². The fraction of sp³-hybridized carbons (Fsp3) is 0.769. The Bertz CT molecular complexity index is 1050. The molecule has 0 aliphatic carbocycles. The van der Waals surface area contributed by atoms with Crippen molar-refractivity contribution >= 4 is 11.9 Å². The van der Waals surface area contributed by atoms with Crippen molar-refractivity contribution < 1.29 is 24.5 Å². The van der Waals surface area contributed by atoms with E-state index in [0.29, 0.717) is 19.3 Å². The maximum absolute atomic E-state index is 13.1. The van der Waals surface area contributed by atoms with Gasteiger partial charge >= 0.3 is 5.97 Å². The third-order valence-corrected chi connectivity index (χ3v) is 10.9. The van der Waals surface area contributed by atoms with Gasteiger partial charge in [0.2, 0.25) is 5.91 Å². The smallest absolute Gasteiger partial charge is 0.306 e. The number of carbonyl (C=O) groups is 2. The van der Waals surface area contributed by atoms with Gasteiger partial charge in [-0.25, -0.2) is 0 Å². The number of esters is 1. The highest BCUT2D eigenvalue weighted by atomic mass is 16.5. The van der Waals surface area contributed by atoms with Crippen molar-refractivity contribution in [2.75, 3.05) is 6.61 Å². The standard InChI is InChI=1S/C52H93NO5/c1-4-7-10-13-16-19-22-24-25-27-29-32-35-38-41-44-50(55)49(47-54)53-51(56)46-48(43-40-37-34-31-28-21-18-15-12-9-6-3)58-52(57)45-42-39-36-33-30-26-23-20-17-14-11-8-5-2/h9,12,15,18,21,26,28,30,36,39,48-50,54-55H,4-8,10-11,13-14,16-17,19-20,22-25,27,29,31-35,37-38,40-47H2,1-3H3,(H,53,56)/b12-9+,18-15+,28-21-,30-26-,39-36+. The van der Waals surface area contributed by atoms with E-state index in [2.05, 4.69) is 68.6 Å². The summed E-state index contributed by atoms with van der Waals surface area (Å²) in [5.41, 5.74) is 0. The molecule has 0 aliphatic rings. The largest absolute Gasteiger partial charge is 0.462 e. The molecule has 0 fully saturated rings. The molecule has 3 unspecified atom stereocenters. The Hall–Kier alpha value is -2.44. The molecule has 0 aliphatic heterocycles. The number of amides is 1. The van der Waals surface area contributed by atoms with Gasteiger partial charge in [0.1, 0.15) is 6.10 Å². The molecule has 1 amide bonds. The predicted molar refractivity (Wildman–Crippen MR) is 250 cm³/mol. The zero-order valence-corrected chi connectivity index (χ0v) is 38.2. The SMILES string of the molecule is CC/C=C/C=C/C=C\CCCCCC(CC(=O)NC(CO)C(O)CCCCCCCCCCCCCCCCC)OC(=O)CC/C=C/C/C=C\CCCCCCCC. The van der Waals surface area contributed by atoms with Crippen LogP contribution in [0.25, 0.3) is 0 Å². The maximum Gasteiger partial charge on any atom is 0.306 e. The molecule has 0 spiro atoms. The summed E-state index contributed by atoms with van der Waals surface area (Å²) in [4.78, 5) is 26.0. The molecule has 6 nitrogen and oxygen atoms in total. The highest BCUT2D eigenvalue weighted by Crippen LogP contribution is 2.17. The van der Waals surface area contributed by atoms with Gasteiger partial charge in [0.15, 0.2) is 0 Å². The number of aliphatic hydroxyl groups is 2. The number of hydrogen-bond donors (Lipinski definition) is 3. The van der Waals surface area contributed by atoms with Gasteiger partial charge in [-0.05, 0) is 64.2 Å². The minimum Gasteiger partial charge on any atom is -0.462 e. The summed E-state index contributed by atoms with van der Waals surface area (Å²) in [6.45, 7) is 6.31. The number of aliphatic hydroxyl groups excluding tert-OH is 2. The average Bonchev–Trinajstić information content (AvgIpc) is 3.22. The average molecular weight is 812 g/mol. The summed E-state index contributed by atoms with van der Waals surface area (Å²) < 4.78 is 5.85.